The molecule has 2 heterocycles. The van der Waals surface area contributed by atoms with Crippen LogP contribution >= 0.6 is 0 Å². The third-order valence-corrected chi connectivity index (χ3v) is 3.64. The van der Waals surface area contributed by atoms with E-state index in [0.29, 0.717) is 12.4 Å². The van der Waals surface area contributed by atoms with E-state index in [4.69, 9.17) is 0 Å². The van der Waals surface area contributed by atoms with Crippen LogP contribution in [0.3, 0.4) is 0 Å². The molecule has 2 amide bonds. The summed E-state index contributed by atoms with van der Waals surface area (Å²) in [6.07, 6.45) is 3.32. The molecule has 1 aromatic heterocycles. The van der Waals surface area contributed by atoms with Crippen LogP contribution < -0.4 is 5.32 Å². The number of hydrogen-bond acceptors (Lipinski definition) is 3. The summed E-state index contributed by atoms with van der Waals surface area (Å²) in [5.41, 5.74) is -0.403. The highest BCUT2D eigenvalue weighted by atomic mass is 16.2. The number of amides is 2. The second kappa shape index (κ2) is 6.24. The molecule has 114 valence electrons. The Morgan fingerprint density at radius 3 is 2.71 bits per heavy atom. The number of hydrogen-bond donors (Lipinski definition) is 1. The van der Waals surface area contributed by atoms with Gasteiger partial charge in [0.15, 0.2) is 0 Å². The van der Waals surface area contributed by atoms with Crippen LogP contribution in [0.15, 0.2) is 24.4 Å². The minimum absolute atomic E-state index is 0.0555. The summed E-state index contributed by atoms with van der Waals surface area (Å²) in [5, 5.41) is 2.82. The van der Waals surface area contributed by atoms with Gasteiger partial charge in [-0.15, -0.1) is 0 Å². The Morgan fingerprint density at radius 1 is 1.33 bits per heavy atom. The normalized spacial score (nSPS) is 19.2. The molecule has 1 N–H and O–H groups in total. The van der Waals surface area contributed by atoms with Gasteiger partial charge in [0, 0.05) is 24.7 Å². The molecule has 0 saturated carbocycles. The molecule has 5 heteroatoms. The third-order valence-electron chi connectivity index (χ3n) is 3.64. The highest BCUT2D eigenvalue weighted by Crippen LogP contribution is 2.24. The van der Waals surface area contributed by atoms with Gasteiger partial charge in [0.2, 0.25) is 11.8 Å². The summed E-state index contributed by atoms with van der Waals surface area (Å²) in [5.74, 6) is 0.451. The molecular weight excluding hydrogens is 266 g/mol. The Balaban J connectivity index is 1.98. The first-order valence-corrected chi connectivity index (χ1v) is 7.39. The summed E-state index contributed by atoms with van der Waals surface area (Å²) >= 11 is 0. The van der Waals surface area contributed by atoms with Crippen molar-refractivity contribution in [1.82, 2.24) is 9.88 Å². The molecule has 5 nitrogen and oxygen atoms in total. The van der Waals surface area contributed by atoms with E-state index in [1.807, 2.05) is 31.7 Å². The van der Waals surface area contributed by atoms with E-state index in [0.717, 1.165) is 19.4 Å². The van der Waals surface area contributed by atoms with Crippen molar-refractivity contribution in [1.29, 1.82) is 0 Å². The van der Waals surface area contributed by atoms with Crippen molar-refractivity contribution in [2.75, 3.05) is 18.4 Å². The van der Waals surface area contributed by atoms with E-state index >= 15 is 0 Å². The molecule has 0 spiro atoms. The quantitative estimate of drug-likeness (QED) is 0.908. The second-order valence-corrected chi connectivity index (χ2v) is 6.54. The fourth-order valence-electron chi connectivity index (χ4n) is 2.51. The first kappa shape index (κ1) is 15.5. The van der Waals surface area contributed by atoms with Gasteiger partial charge in [-0.2, -0.15) is 0 Å². The summed E-state index contributed by atoms with van der Waals surface area (Å²) in [6, 6.07) is 5.40. The number of anilines is 1. The molecular formula is C16H23N3O2. The van der Waals surface area contributed by atoms with Gasteiger partial charge in [-0.1, -0.05) is 26.8 Å². The van der Waals surface area contributed by atoms with Crippen LogP contribution in [-0.4, -0.2) is 34.8 Å². The molecule has 0 aliphatic carbocycles. The summed E-state index contributed by atoms with van der Waals surface area (Å²) < 4.78 is 0. The molecule has 1 aromatic rings. The number of pyridine rings is 1. The van der Waals surface area contributed by atoms with E-state index in [1.165, 1.54) is 0 Å². The zero-order valence-electron chi connectivity index (χ0n) is 12.9. The standard InChI is InChI=1S/C16H23N3O2/c1-16(2,3)15(21)19-10-6-7-12(11-19)14(20)18-13-8-4-5-9-17-13/h4-5,8-9,12H,6-7,10-11H2,1-3H3,(H,17,18,20). The van der Waals surface area contributed by atoms with Gasteiger partial charge in [0.1, 0.15) is 5.82 Å². The van der Waals surface area contributed by atoms with Crippen molar-refractivity contribution >= 4 is 17.6 Å². The van der Waals surface area contributed by atoms with Crippen molar-refractivity contribution in [2.24, 2.45) is 11.3 Å². The summed E-state index contributed by atoms with van der Waals surface area (Å²) in [6.45, 7) is 6.96. The Hall–Kier alpha value is -1.91. The number of piperidine rings is 1. The molecule has 1 atom stereocenters. The van der Waals surface area contributed by atoms with Crippen molar-refractivity contribution in [3.63, 3.8) is 0 Å². The predicted molar refractivity (Wildman–Crippen MR) is 81.6 cm³/mol. The molecule has 1 saturated heterocycles. The molecule has 1 aliphatic rings. The van der Waals surface area contributed by atoms with Crippen LogP contribution in [0.2, 0.25) is 0 Å². The Kier molecular flexibility index (Phi) is 4.60. The van der Waals surface area contributed by atoms with Crippen molar-refractivity contribution in [3.05, 3.63) is 24.4 Å². The zero-order chi connectivity index (χ0) is 15.5. The third kappa shape index (κ3) is 4.03. The van der Waals surface area contributed by atoms with Crippen molar-refractivity contribution in [2.45, 2.75) is 33.6 Å². The van der Waals surface area contributed by atoms with Gasteiger partial charge in [-0.25, -0.2) is 4.98 Å². The first-order chi connectivity index (χ1) is 9.88. The fraction of sp³-hybridized carbons (Fsp3) is 0.562. The molecule has 1 unspecified atom stereocenters. The maximum Gasteiger partial charge on any atom is 0.230 e. The average Bonchev–Trinajstić information content (AvgIpc) is 2.46. The highest BCUT2D eigenvalue weighted by molar-refractivity contribution is 5.92. The Morgan fingerprint density at radius 2 is 2.10 bits per heavy atom. The Bertz CT molecular complexity index is 508. The highest BCUT2D eigenvalue weighted by Gasteiger charge is 2.33. The molecule has 0 bridgehead atoms. The molecule has 1 fully saturated rings. The lowest BCUT2D eigenvalue weighted by atomic mass is 9.91. The van der Waals surface area contributed by atoms with Crippen LogP contribution in [0.4, 0.5) is 5.82 Å². The first-order valence-electron chi connectivity index (χ1n) is 7.39. The number of carbonyl (C=O) groups excluding carboxylic acids is 2. The SMILES string of the molecule is CC(C)(C)C(=O)N1CCCC(C(=O)Nc2ccccn2)C1. The van der Waals surface area contributed by atoms with Gasteiger partial charge in [0.05, 0.1) is 5.92 Å². The molecule has 2 rings (SSSR count). The Labute approximate surface area is 125 Å². The van der Waals surface area contributed by atoms with Crippen LogP contribution in [0, 0.1) is 11.3 Å². The van der Waals surface area contributed by atoms with Gasteiger partial charge >= 0.3 is 0 Å². The molecule has 1 aliphatic heterocycles. The van der Waals surface area contributed by atoms with Gasteiger partial charge in [0.25, 0.3) is 0 Å². The fourth-order valence-corrected chi connectivity index (χ4v) is 2.51. The number of carbonyl (C=O) groups is 2. The van der Waals surface area contributed by atoms with Crippen LogP contribution in [-0.2, 0) is 9.59 Å². The van der Waals surface area contributed by atoms with Crippen molar-refractivity contribution in [3.8, 4) is 0 Å². The lowest BCUT2D eigenvalue weighted by molar-refractivity contribution is -0.142. The van der Waals surface area contributed by atoms with E-state index in [1.54, 1.807) is 18.3 Å². The summed E-state index contributed by atoms with van der Waals surface area (Å²) in [4.78, 5) is 30.5. The van der Waals surface area contributed by atoms with E-state index in [-0.39, 0.29) is 17.7 Å². The van der Waals surface area contributed by atoms with Crippen LogP contribution in [0.5, 0.6) is 0 Å². The number of rotatable bonds is 2. The predicted octanol–water partition coefficient (Wildman–Crippen LogP) is 2.30. The van der Waals surface area contributed by atoms with Crippen molar-refractivity contribution < 1.29 is 9.59 Å². The van der Waals surface area contributed by atoms with Crippen LogP contribution in [0.1, 0.15) is 33.6 Å². The average molecular weight is 289 g/mol. The molecule has 0 radical (unpaired) electrons. The topological polar surface area (TPSA) is 62.3 Å². The number of likely N-dealkylation sites (tertiary alicyclic amines) is 1. The molecule has 21 heavy (non-hydrogen) atoms. The van der Waals surface area contributed by atoms with E-state index < -0.39 is 5.41 Å². The van der Waals surface area contributed by atoms with Gasteiger partial charge in [-0.3, -0.25) is 9.59 Å². The second-order valence-electron chi connectivity index (χ2n) is 6.54. The minimum atomic E-state index is -0.403. The monoisotopic (exact) mass is 289 g/mol. The summed E-state index contributed by atoms with van der Waals surface area (Å²) in [7, 11) is 0. The lowest BCUT2D eigenvalue weighted by Gasteiger charge is -2.35. The molecule has 0 aromatic carbocycles. The largest absolute Gasteiger partial charge is 0.341 e. The maximum atomic E-state index is 12.3. The maximum absolute atomic E-state index is 12.3. The smallest absolute Gasteiger partial charge is 0.230 e. The number of aromatic nitrogens is 1. The minimum Gasteiger partial charge on any atom is -0.341 e. The number of nitrogens with one attached hydrogen (secondary N) is 1. The van der Waals surface area contributed by atoms with Crippen LogP contribution in [0.25, 0.3) is 0 Å². The zero-order valence-corrected chi connectivity index (χ0v) is 12.9. The lowest BCUT2D eigenvalue weighted by Crippen LogP contribution is -2.47. The van der Waals surface area contributed by atoms with Gasteiger partial charge in [-0.05, 0) is 25.0 Å². The van der Waals surface area contributed by atoms with E-state index in [9.17, 15) is 9.59 Å². The van der Waals surface area contributed by atoms with E-state index in [2.05, 4.69) is 10.3 Å². The number of nitrogens with zero attached hydrogens (tertiary/aromatic N) is 2. The van der Waals surface area contributed by atoms with Gasteiger partial charge < -0.3 is 10.2 Å².